The molecule has 0 radical (unpaired) electrons. The van der Waals surface area contributed by atoms with Crippen molar-refractivity contribution in [2.75, 3.05) is 0 Å². The number of hydrogen-bond donors (Lipinski definition) is 0. The SMILES string of the molecule is CC1(C)c2cc3c(cc2-c2c1ccc1cc4ccccc4cc21)C(C)(C)c1cc2ccc4cccc5ccc(c1-3)c2c45. The van der Waals surface area contributed by atoms with E-state index in [-0.39, 0.29) is 10.8 Å². The molecular formula is C42H30. The van der Waals surface area contributed by atoms with Crippen LogP contribution in [0.3, 0.4) is 0 Å². The molecule has 0 aromatic heterocycles. The Kier molecular flexibility index (Phi) is 3.93. The average molecular weight is 535 g/mol. The first kappa shape index (κ1) is 22.9. The molecule has 2 aliphatic carbocycles. The van der Waals surface area contributed by atoms with E-state index in [0.717, 1.165) is 0 Å². The molecule has 198 valence electrons. The molecule has 0 unspecified atom stereocenters. The van der Waals surface area contributed by atoms with E-state index >= 15 is 0 Å². The summed E-state index contributed by atoms with van der Waals surface area (Å²) in [5, 5.41) is 13.5. The van der Waals surface area contributed by atoms with Gasteiger partial charge < -0.3 is 0 Å². The summed E-state index contributed by atoms with van der Waals surface area (Å²) < 4.78 is 0. The van der Waals surface area contributed by atoms with Crippen LogP contribution in [0, 0.1) is 0 Å². The highest BCUT2D eigenvalue weighted by Crippen LogP contribution is 2.59. The molecule has 10 rings (SSSR count). The Morgan fingerprint density at radius 1 is 0.357 bits per heavy atom. The van der Waals surface area contributed by atoms with E-state index in [4.69, 9.17) is 0 Å². The van der Waals surface area contributed by atoms with Gasteiger partial charge >= 0.3 is 0 Å². The zero-order valence-electron chi connectivity index (χ0n) is 24.4. The second-order valence-electron chi connectivity index (χ2n) is 13.8. The van der Waals surface area contributed by atoms with Gasteiger partial charge in [-0.3, -0.25) is 0 Å². The van der Waals surface area contributed by atoms with Gasteiger partial charge in [0.15, 0.2) is 0 Å². The fourth-order valence-electron chi connectivity index (χ4n) is 8.76. The summed E-state index contributed by atoms with van der Waals surface area (Å²) in [6, 6.07) is 42.0. The molecule has 0 nitrogen and oxygen atoms in total. The van der Waals surface area contributed by atoms with E-state index < -0.39 is 0 Å². The minimum absolute atomic E-state index is 0.0732. The van der Waals surface area contributed by atoms with E-state index in [9.17, 15) is 0 Å². The van der Waals surface area contributed by atoms with Gasteiger partial charge in [0.05, 0.1) is 0 Å². The first-order valence-corrected chi connectivity index (χ1v) is 15.2. The van der Waals surface area contributed by atoms with Crippen molar-refractivity contribution < 1.29 is 0 Å². The minimum Gasteiger partial charge on any atom is -0.0616 e. The van der Waals surface area contributed by atoms with Gasteiger partial charge in [-0.1, -0.05) is 107 Å². The Morgan fingerprint density at radius 2 is 0.929 bits per heavy atom. The molecule has 0 spiro atoms. The van der Waals surface area contributed by atoms with Gasteiger partial charge in [-0.15, -0.1) is 0 Å². The molecule has 0 aliphatic heterocycles. The lowest BCUT2D eigenvalue weighted by atomic mass is 9.79. The van der Waals surface area contributed by atoms with Crippen molar-refractivity contribution in [3.63, 3.8) is 0 Å². The number of rotatable bonds is 0. The van der Waals surface area contributed by atoms with E-state index in [0.29, 0.717) is 0 Å². The Bertz CT molecular complexity index is 2490. The van der Waals surface area contributed by atoms with Gasteiger partial charge in [0.2, 0.25) is 0 Å². The molecule has 0 amide bonds. The molecule has 0 bridgehead atoms. The van der Waals surface area contributed by atoms with Crippen LogP contribution in [0.25, 0.3) is 76.1 Å². The van der Waals surface area contributed by atoms with E-state index in [1.807, 2.05) is 0 Å². The van der Waals surface area contributed by atoms with Crippen LogP contribution < -0.4 is 0 Å². The highest BCUT2D eigenvalue weighted by Gasteiger charge is 2.43. The van der Waals surface area contributed by atoms with Crippen molar-refractivity contribution in [3.05, 3.63) is 131 Å². The van der Waals surface area contributed by atoms with Gasteiger partial charge in [0.25, 0.3) is 0 Å². The van der Waals surface area contributed by atoms with Crippen molar-refractivity contribution in [1.82, 2.24) is 0 Å². The van der Waals surface area contributed by atoms with Crippen molar-refractivity contribution >= 4 is 53.9 Å². The molecule has 0 fully saturated rings. The summed E-state index contributed by atoms with van der Waals surface area (Å²) in [7, 11) is 0. The lowest BCUT2D eigenvalue weighted by molar-refractivity contribution is 0.652. The van der Waals surface area contributed by atoms with Crippen LogP contribution in [-0.4, -0.2) is 0 Å². The van der Waals surface area contributed by atoms with Crippen LogP contribution in [0.4, 0.5) is 0 Å². The maximum Gasteiger partial charge on any atom is 0.0159 e. The summed E-state index contributed by atoms with van der Waals surface area (Å²) in [6.45, 7) is 9.70. The first-order chi connectivity index (χ1) is 20.3. The second-order valence-corrected chi connectivity index (χ2v) is 13.8. The molecule has 0 heterocycles. The lowest BCUT2D eigenvalue weighted by Gasteiger charge is -2.24. The van der Waals surface area contributed by atoms with Gasteiger partial charge in [0.1, 0.15) is 0 Å². The largest absolute Gasteiger partial charge is 0.0616 e. The topological polar surface area (TPSA) is 0 Å². The summed E-state index contributed by atoms with van der Waals surface area (Å²) in [5.74, 6) is 0. The molecule has 0 saturated heterocycles. The van der Waals surface area contributed by atoms with Crippen molar-refractivity contribution in [3.8, 4) is 22.3 Å². The molecule has 0 N–H and O–H groups in total. The minimum atomic E-state index is -0.0890. The second kappa shape index (κ2) is 7.20. The molecule has 42 heavy (non-hydrogen) atoms. The first-order valence-electron chi connectivity index (χ1n) is 15.2. The molecule has 8 aromatic carbocycles. The maximum absolute atomic E-state index is 2.57. The third-order valence-electron chi connectivity index (χ3n) is 10.9. The number of fused-ring (bicyclic) bond motifs is 10. The Morgan fingerprint density at radius 3 is 1.67 bits per heavy atom. The average Bonchev–Trinajstić information content (AvgIpc) is 3.36. The highest BCUT2D eigenvalue weighted by molar-refractivity contribution is 6.26. The zero-order chi connectivity index (χ0) is 28.1. The maximum atomic E-state index is 2.57. The van der Waals surface area contributed by atoms with Crippen molar-refractivity contribution in [2.24, 2.45) is 0 Å². The third kappa shape index (κ3) is 2.57. The molecular weight excluding hydrogens is 504 g/mol. The summed E-state index contributed by atoms with van der Waals surface area (Å²) in [5.41, 5.74) is 11.3. The predicted octanol–water partition coefficient (Wildman–Crippen LogP) is 11.5. The van der Waals surface area contributed by atoms with Gasteiger partial charge in [-0.2, -0.15) is 0 Å². The number of hydrogen-bond acceptors (Lipinski definition) is 0. The van der Waals surface area contributed by atoms with Gasteiger partial charge in [-0.25, -0.2) is 0 Å². The van der Waals surface area contributed by atoms with Crippen LogP contribution in [0.2, 0.25) is 0 Å². The standard InChI is InChI=1S/C42H30/c1-41(2)33-17-15-27-18-25-8-5-6-9-26(25)19-30(27)40(33)32-22-35-31(21-34(32)41)39-29-16-14-24-11-7-10-23-12-13-28(38(29)37(23)24)20-36(39)42(35,3)4/h5-22H,1-4H3. The van der Waals surface area contributed by atoms with Crippen LogP contribution in [-0.2, 0) is 10.8 Å². The summed E-state index contributed by atoms with van der Waals surface area (Å²) in [6.07, 6.45) is 0. The normalized spacial score (nSPS) is 16.0. The predicted molar refractivity (Wildman–Crippen MR) is 180 cm³/mol. The number of benzene rings is 8. The van der Waals surface area contributed by atoms with Crippen LogP contribution in [0.1, 0.15) is 49.9 Å². The lowest BCUT2D eigenvalue weighted by Crippen LogP contribution is -2.17. The van der Waals surface area contributed by atoms with Gasteiger partial charge in [0, 0.05) is 10.8 Å². The fraction of sp³-hybridized carbons (Fsp3) is 0.143. The highest BCUT2D eigenvalue weighted by atomic mass is 14.5. The Balaban J connectivity index is 1.32. The molecule has 8 aromatic rings. The van der Waals surface area contributed by atoms with Crippen LogP contribution >= 0.6 is 0 Å². The zero-order valence-corrected chi connectivity index (χ0v) is 24.4. The third-order valence-corrected chi connectivity index (χ3v) is 10.9. The Labute approximate surface area is 245 Å². The fourth-order valence-corrected chi connectivity index (χ4v) is 8.76. The molecule has 0 saturated carbocycles. The molecule has 0 atom stereocenters. The summed E-state index contributed by atoms with van der Waals surface area (Å²) in [4.78, 5) is 0. The smallest absolute Gasteiger partial charge is 0.0159 e. The summed E-state index contributed by atoms with van der Waals surface area (Å²) >= 11 is 0. The van der Waals surface area contributed by atoms with Crippen LogP contribution in [0.5, 0.6) is 0 Å². The molecule has 0 heteroatoms. The quantitative estimate of drug-likeness (QED) is 0.134. The Hall–Kier alpha value is -4.68. The molecule has 2 aliphatic rings. The van der Waals surface area contributed by atoms with E-state index in [1.54, 1.807) is 0 Å². The van der Waals surface area contributed by atoms with Gasteiger partial charge in [-0.05, 0) is 129 Å². The monoisotopic (exact) mass is 534 g/mol. The van der Waals surface area contributed by atoms with Crippen LogP contribution in [0.15, 0.2) is 109 Å². The van der Waals surface area contributed by atoms with E-state index in [2.05, 4.69) is 137 Å². The van der Waals surface area contributed by atoms with Crippen molar-refractivity contribution in [1.29, 1.82) is 0 Å². The van der Waals surface area contributed by atoms with E-state index in [1.165, 1.54) is 98.4 Å². The van der Waals surface area contributed by atoms with Crippen molar-refractivity contribution in [2.45, 2.75) is 38.5 Å².